The molecule has 1 saturated heterocycles. The maximum Gasteiger partial charge on any atom is 0.524 e. The summed E-state index contributed by atoms with van der Waals surface area (Å²) < 4.78 is 51.8. The first-order chi connectivity index (χ1) is 12.4. The predicted molar refractivity (Wildman–Crippen MR) is 88.6 cm³/mol. The highest BCUT2D eigenvalue weighted by Gasteiger charge is 2.49. The first-order valence-corrected chi connectivity index (χ1v) is 9.03. The number of carbonyl (C=O) groups excluding carboxylic acids is 2. The van der Waals surface area contributed by atoms with Gasteiger partial charge in [-0.05, 0) is 39.5 Å². The van der Waals surface area contributed by atoms with Gasteiger partial charge in [-0.2, -0.15) is 0 Å². The lowest BCUT2D eigenvalue weighted by atomic mass is 9.91. The number of alkyl carbamates (subject to hydrolysis) is 1. The van der Waals surface area contributed by atoms with E-state index < -0.39 is 30.5 Å². The summed E-state index contributed by atoms with van der Waals surface area (Å²) in [6, 6.07) is 0. The SMILES string of the molecule is CC(C)(C)OC(=O)NCC1CCN(C(=O)COC2(OC(F)(F)F)CCC2)C1. The van der Waals surface area contributed by atoms with Gasteiger partial charge < -0.3 is 19.7 Å². The zero-order valence-corrected chi connectivity index (χ0v) is 15.9. The number of halogens is 3. The Kier molecular flexibility index (Phi) is 6.62. The molecule has 0 bridgehead atoms. The Morgan fingerprint density at radius 1 is 1.22 bits per heavy atom. The number of ether oxygens (including phenoxy) is 3. The fourth-order valence-electron chi connectivity index (χ4n) is 3.00. The van der Waals surface area contributed by atoms with Crippen LogP contribution in [-0.2, 0) is 19.0 Å². The van der Waals surface area contributed by atoms with Crippen LogP contribution in [0.1, 0.15) is 46.5 Å². The molecule has 2 amide bonds. The van der Waals surface area contributed by atoms with Crippen LogP contribution in [0.5, 0.6) is 0 Å². The van der Waals surface area contributed by atoms with E-state index in [4.69, 9.17) is 9.47 Å². The second kappa shape index (κ2) is 8.22. The van der Waals surface area contributed by atoms with Gasteiger partial charge in [-0.15, -0.1) is 13.2 Å². The Balaban J connectivity index is 1.71. The molecular formula is C17H27F3N2O5. The lowest BCUT2D eigenvalue weighted by Crippen LogP contribution is -2.48. The van der Waals surface area contributed by atoms with E-state index in [0.717, 1.165) is 0 Å². The number of nitrogens with one attached hydrogen (secondary N) is 1. The summed E-state index contributed by atoms with van der Waals surface area (Å²) >= 11 is 0. The molecule has 2 aliphatic rings. The van der Waals surface area contributed by atoms with Gasteiger partial charge in [-0.1, -0.05) is 0 Å². The van der Waals surface area contributed by atoms with Crippen molar-refractivity contribution < 1.29 is 37.0 Å². The molecule has 0 radical (unpaired) electrons. The molecule has 1 aliphatic heterocycles. The molecule has 0 aromatic rings. The molecule has 1 atom stereocenters. The van der Waals surface area contributed by atoms with Crippen LogP contribution in [0.4, 0.5) is 18.0 Å². The standard InChI is InChI=1S/C17H27F3N2O5/c1-15(2,3)26-14(24)21-9-12-5-8-22(10-12)13(23)11-25-16(6-4-7-16)27-17(18,19)20/h12H,4-11H2,1-3H3,(H,21,24). The maximum atomic E-state index is 12.5. The Morgan fingerprint density at radius 3 is 2.41 bits per heavy atom. The molecule has 1 unspecified atom stereocenters. The van der Waals surface area contributed by atoms with Crippen LogP contribution in [0, 0.1) is 5.92 Å². The van der Waals surface area contributed by atoms with Gasteiger partial charge in [0.25, 0.3) is 0 Å². The highest BCUT2D eigenvalue weighted by atomic mass is 19.4. The Hall–Kier alpha value is -1.55. The van der Waals surface area contributed by atoms with E-state index in [9.17, 15) is 22.8 Å². The summed E-state index contributed by atoms with van der Waals surface area (Å²) in [4.78, 5) is 25.4. The largest absolute Gasteiger partial charge is 0.524 e. The van der Waals surface area contributed by atoms with Crippen LogP contribution in [0.15, 0.2) is 0 Å². The summed E-state index contributed by atoms with van der Waals surface area (Å²) in [5, 5.41) is 2.67. The van der Waals surface area contributed by atoms with Gasteiger partial charge in [0.15, 0.2) is 5.79 Å². The fourth-order valence-corrected chi connectivity index (χ4v) is 3.00. The van der Waals surface area contributed by atoms with Crippen molar-refractivity contribution in [2.24, 2.45) is 5.92 Å². The van der Waals surface area contributed by atoms with Gasteiger partial charge in [-0.3, -0.25) is 9.53 Å². The van der Waals surface area contributed by atoms with Gasteiger partial charge in [0.1, 0.15) is 12.2 Å². The molecule has 0 spiro atoms. The molecule has 156 valence electrons. The van der Waals surface area contributed by atoms with E-state index in [1.54, 1.807) is 20.8 Å². The normalized spacial score (nSPS) is 22.3. The average molecular weight is 396 g/mol. The molecule has 0 aromatic heterocycles. The summed E-state index contributed by atoms with van der Waals surface area (Å²) in [6.07, 6.45) is -3.84. The number of likely N-dealkylation sites (tertiary alicyclic amines) is 1. The van der Waals surface area contributed by atoms with Crippen molar-refractivity contribution >= 4 is 12.0 Å². The maximum absolute atomic E-state index is 12.5. The summed E-state index contributed by atoms with van der Waals surface area (Å²) in [5.41, 5.74) is -0.588. The third kappa shape index (κ3) is 7.17. The van der Waals surface area contributed by atoms with E-state index in [2.05, 4.69) is 10.1 Å². The molecule has 2 fully saturated rings. The van der Waals surface area contributed by atoms with E-state index in [0.29, 0.717) is 32.5 Å². The quantitative estimate of drug-likeness (QED) is 0.699. The van der Waals surface area contributed by atoms with Crippen molar-refractivity contribution in [1.82, 2.24) is 10.2 Å². The van der Waals surface area contributed by atoms with E-state index >= 15 is 0 Å². The lowest BCUT2D eigenvalue weighted by molar-refractivity contribution is -0.432. The first kappa shape index (κ1) is 21.7. The van der Waals surface area contributed by atoms with Crippen molar-refractivity contribution in [1.29, 1.82) is 0 Å². The van der Waals surface area contributed by atoms with Crippen LogP contribution in [0.2, 0.25) is 0 Å². The minimum Gasteiger partial charge on any atom is -0.444 e. The molecule has 0 aromatic carbocycles. The number of hydrogen-bond acceptors (Lipinski definition) is 5. The van der Waals surface area contributed by atoms with Gasteiger partial charge in [0, 0.05) is 32.5 Å². The van der Waals surface area contributed by atoms with Crippen LogP contribution < -0.4 is 5.32 Å². The Bertz CT molecular complexity index is 544. The number of nitrogens with zero attached hydrogens (tertiary/aromatic N) is 1. The highest BCUT2D eigenvalue weighted by molar-refractivity contribution is 5.77. The molecular weight excluding hydrogens is 369 g/mol. The second-order valence-electron chi connectivity index (χ2n) is 7.98. The molecule has 1 saturated carbocycles. The smallest absolute Gasteiger partial charge is 0.444 e. The van der Waals surface area contributed by atoms with Crippen molar-refractivity contribution in [2.75, 3.05) is 26.2 Å². The number of alkyl halides is 3. The monoisotopic (exact) mass is 396 g/mol. The summed E-state index contributed by atoms with van der Waals surface area (Å²) in [5.74, 6) is -2.05. The number of carbonyl (C=O) groups is 2. The van der Waals surface area contributed by atoms with Gasteiger partial charge in [0.05, 0.1) is 0 Å². The minimum atomic E-state index is -4.80. The van der Waals surface area contributed by atoms with Crippen molar-refractivity contribution in [3.8, 4) is 0 Å². The second-order valence-corrected chi connectivity index (χ2v) is 7.98. The molecule has 1 heterocycles. The Morgan fingerprint density at radius 2 is 1.89 bits per heavy atom. The van der Waals surface area contributed by atoms with Crippen molar-refractivity contribution in [3.63, 3.8) is 0 Å². The lowest BCUT2D eigenvalue weighted by Gasteiger charge is -2.41. The zero-order chi connectivity index (χ0) is 20.3. The van der Waals surface area contributed by atoms with Crippen LogP contribution in [0.3, 0.4) is 0 Å². The van der Waals surface area contributed by atoms with E-state index in [-0.39, 0.29) is 24.7 Å². The van der Waals surface area contributed by atoms with Gasteiger partial charge in [-0.25, -0.2) is 4.79 Å². The third-order valence-corrected chi connectivity index (χ3v) is 4.45. The number of amides is 2. The minimum absolute atomic E-state index is 0.0607. The first-order valence-electron chi connectivity index (χ1n) is 9.03. The zero-order valence-electron chi connectivity index (χ0n) is 15.9. The molecule has 7 nitrogen and oxygen atoms in total. The van der Waals surface area contributed by atoms with E-state index in [1.165, 1.54) is 4.90 Å². The Labute approximate surface area is 156 Å². The average Bonchev–Trinajstić information content (AvgIpc) is 2.93. The summed E-state index contributed by atoms with van der Waals surface area (Å²) in [7, 11) is 0. The fraction of sp³-hybridized carbons (Fsp3) is 0.882. The van der Waals surface area contributed by atoms with E-state index in [1.807, 2.05) is 0 Å². The van der Waals surface area contributed by atoms with Gasteiger partial charge in [0.2, 0.25) is 5.91 Å². The molecule has 2 rings (SSSR count). The number of hydrogen-bond donors (Lipinski definition) is 1. The van der Waals surface area contributed by atoms with Gasteiger partial charge >= 0.3 is 12.5 Å². The van der Waals surface area contributed by atoms with Crippen molar-refractivity contribution in [3.05, 3.63) is 0 Å². The topological polar surface area (TPSA) is 77.1 Å². The predicted octanol–water partition coefficient (Wildman–Crippen LogP) is 2.79. The third-order valence-electron chi connectivity index (χ3n) is 4.45. The van der Waals surface area contributed by atoms with Crippen LogP contribution >= 0.6 is 0 Å². The van der Waals surface area contributed by atoms with Crippen molar-refractivity contribution in [2.45, 2.75) is 64.2 Å². The molecule has 27 heavy (non-hydrogen) atoms. The molecule has 1 aliphatic carbocycles. The van der Waals surface area contributed by atoms with Crippen LogP contribution in [0.25, 0.3) is 0 Å². The molecule has 10 heteroatoms. The summed E-state index contributed by atoms with van der Waals surface area (Å²) in [6.45, 7) is 6.07. The number of rotatable bonds is 6. The molecule has 1 N–H and O–H groups in total. The van der Waals surface area contributed by atoms with Crippen LogP contribution in [-0.4, -0.2) is 60.9 Å². The highest BCUT2D eigenvalue weighted by Crippen LogP contribution is 2.41.